The van der Waals surface area contributed by atoms with Crippen LogP contribution in [0, 0.1) is 6.92 Å². The van der Waals surface area contributed by atoms with Crippen LogP contribution in [0.2, 0.25) is 10.0 Å². The monoisotopic (exact) mass is 441 g/mol. The Morgan fingerprint density at radius 2 is 2.04 bits per heavy atom. The quantitative estimate of drug-likeness (QED) is 0.645. The van der Waals surface area contributed by atoms with E-state index in [2.05, 4.69) is 31.4 Å². The van der Waals surface area contributed by atoms with E-state index >= 15 is 0 Å². The lowest BCUT2D eigenvalue weighted by Crippen LogP contribution is -2.20. The van der Waals surface area contributed by atoms with Gasteiger partial charge in [-0.15, -0.1) is 0 Å². The number of nitrogens with one attached hydrogen (secondary N) is 1. The highest BCUT2D eigenvalue weighted by molar-refractivity contribution is 9.10. The van der Waals surface area contributed by atoms with Crippen molar-refractivity contribution >= 4 is 50.9 Å². The molecule has 0 saturated carbocycles. The molecule has 0 spiro atoms. The van der Waals surface area contributed by atoms with E-state index in [-0.39, 0.29) is 12.5 Å². The molecule has 1 amide bonds. The van der Waals surface area contributed by atoms with Crippen LogP contribution in [0.25, 0.3) is 0 Å². The Morgan fingerprint density at radius 1 is 1.28 bits per heavy atom. The number of benzene rings is 1. The van der Waals surface area contributed by atoms with Crippen LogP contribution in [-0.2, 0) is 17.9 Å². The summed E-state index contributed by atoms with van der Waals surface area (Å²) in [5, 5.41) is 12.4. The number of nitrogens with zero attached hydrogens (tertiary/aromatic N) is 4. The standard InChI is InChI=1S/C16H14BrCl2N5O/c1-10-14(19)6-20-24(10)9-15(25)21-16-12(17)8-23(22-16)7-11-4-2-3-5-13(11)18/h2-6,8H,7,9H2,1H3,(H,21,22,25). The van der Waals surface area contributed by atoms with Gasteiger partial charge in [0.25, 0.3) is 0 Å². The highest BCUT2D eigenvalue weighted by Crippen LogP contribution is 2.22. The van der Waals surface area contributed by atoms with Crippen molar-refractivity contribution in [2.75, 3.05) is 5.32 Å². The minimum absolute atomic E-state index is 0.0579. The molecular weight excluding hydrogens is 429 g/mol. The van der Waals surface area contributed by atoms with Gasteiger partial charge >= 0.3 is 0 Å². The first-order valence-corrected chi connectivity index (χ1v) is 8.93. The van der Waals surface area contributed by atoms with Gasteiger partial charge in [-0.25, -0.2) is 0 Å². The first kappa shape index (κ1) is 18.0. The van der Waals surface area contributed by atoms with Crippen LogP contribution in [0.3, 0.4) is 0 Å². The third-order valence-electron chi connectivity index (χ3n) is 3.60. The molecule has 1 aromatic carbocycles. The number of anilines is 1. The summed E-state index contributed by atoms with van der Waals surface area (Å²) in [7, 11) is 0. The summed E-state index contributed by atoms with van der Waals surface area (Å²) in [6.07, 6.45) is 3.30. The van der Waals surface area contributed by atoms with E-state index in [4.69, 9.17) is 23.2 Å². The van der Waals surface area contributed by atoms with Gasteiger partial charge in [0.05, 0.1) is 27.9 Å². The van der Waals surface area contributed by atoms with Crippen molar-refractivity contribution in [2.45, 2.75) is 20.0 Å². The molecule has 0 bridgehead atoms. The summed E-state index contributed by atoms with van der Waals surface area (Å²) in [5.41, 5.74) is 1.68. The molecular formula is C16H14BrCl2N5O. The molecule has 0 aliphatic carbocycles. The zero-order chi connectivity index (χ0) is 18.0. The van der Waals surface area contributed by atoms with Gasteiger partial charge in [0.2, 0.25) is 5.91 Å². The number of amides is 1. The average molecular weight is 443 g/mol. The SMILES string of the molecule is Cc1c(Cl)cnn1CC(=O)Nc1nn(Cc2ccccc2Cl)cc1Br. The Bertz CT molecular complexity index is 921. The molecule has 0 unspecified atom stereocenters. The van der Waals surface area contributed by atoms with Gasteiger partial charge in [0, 0.05) is 11.2 Å². The lowest BCUT2D eigenvalue weighted by atomic mass is 10.2. The van der Waals surface area contributed by atoms with E-state index in [1.54, 1.807) is 17.8 Å². The van der Waals surface area contributed by atoms with Crippen LogP contribution in [-0.4, -0.2) is 25.5 Å². The summed E-state index contributed by atoms with van der Waals surface area (Å²) in [6.45, 7) is 2.36. The summed E-state index contributed by atoms with van der Waals surface area (Å²) in [4.78, 5) is 12.2. The van der Waals surface area contributed by atoms with E-state index in [0.717, 1.165) is 11.3 Å². The van der Waals surface area contributed by atoms with E-state index in [9.17, 15) is 4.79 Å². The number of carbonyl (C=O) groups is 1. The molecule has 2 heterocycles. The summed E-state index contributed by atoms with van der Waals surface area (Å²) in [5.74, 6) is 0.194. The maximum atomic E-state index is 12.2. The molecule has 1 N–H and O–H groups in total. The van der Waals surface area contributed by atoms with Crippen LogP contribution in [0.5, 0.6) is 0 Å². The highest BCUT2D eigenvalue weighted by Gasteiger charge is 2.13. The number of hydrogen-bond acceptors (Lipinski definition) is 3. The second-order valence-electron chi connectivity index (χ2n) is 5.40. The van der Waals surface area contributed by atoms with Gasteiger partial charge in [-0.2, -0.15) is 10.2 Å². The average Bonchev–Trinajstić information content (AvgIpc) is 3.06. The molecule has 130 valence electrons. The maximum Gasteiger partial charge on any atom is 0.247 e. The molecule has 0 radical (unpaired) electrons. The summed E-state index contributed by atoms with van der Waals surface area (Å²) < 4.78 is 3.92. The Hall–Kier alpha value is -1.83. The van der Waals surface area contributed by atoms with Gasteiger partial charge in [-0.05, 0) is 34.5 Å². The van der Waals surface area contributed by atoms with E-state index < -0.39 is 0 Å². The molecule has 6 nitrogen and oxygen atoms in total. The molecule has 3 aromatic rings. The second-order valence-corrected chi connectivity index (χ2v) is 7.07. The highest BCUT2D eigenvalue weighted by atomic mass is 79.9. The Balaban J connectivity index is 1.69. The second kappa shape index (κ2) is 7.59. The first-order valence-electron chi connectivity index (χ1n) is 7.38. The minimum atomic E-state index is -0.244. The molecule has 3 rings (SSSR count). The smallest absolute Gasteiger partial charge is 0.247 e. The number of rotatable bonds is 5. The predicted octanol–water partition coefficient (Wildman–Crippen LogP) is 4.14. The van der Waals surface area contributed by atoms with Gasteiger partial charge in [0.1, 0.15) is 6.54 Å². The van der Waals surface area contributed by atoms with Crippen LogP contribution < -0.4 is 5.32 Å². The van der Waals surface area contributed by atoms with Gasteiger partial charge in [-0.1, -0.05) is 41.4 Å². The zero-order valence-corrected chi connectivity index (χ0v) is 16.3. The molecule has 0 fully saturated rings. The normalized spacial score (nSPS) is 10.9. The predicted molar refractivity (Wildman–Crippen MR) is 101 cm³/mol. The van der Waals surface area contributed by atoms with E-state index in [0.29, 0.717) is 26.9 Å². The Kier molecular flexibility index (Phi) is 5.46. The van der Waals surface area contributed by atoms with Crippen LogP contribution in [0.4, 0.5) is 5.82 Å². The van der Waals surface area contributed by atoms with Crippen molar-refractivity contribution in [3.05, 3.63) is 62.4 Å². The van der Waals surface area contributed by atoms with Gasteiger partial charge in [0.15, 0.2) is 5.82 Å². The molecule has 9 heteroatoms. The Morgan fingerprint density at radius 3 is 2.72 bits per heavy atom. The van der Waals surface area contributed by atoms with E-state index in [1.807, 2.05) is 24.3 Å². The molecule has 0 atom stereocenters. The molecule has 0 aliphatic heterocycles. The lowest BCUT2D eigenvalue weighted by Gasteiger charge is -2.06. The number of halogens is 3. The first-order chi connectivity index (χ1) is 11.9. The fraction of sp³-hybridized carbons (Fsp3) is 0.188. The molecule has 25 heavy (non-hydrogen) atoms. The van der Waals surface area contributed by atoms with E-state index in [1.165, 1.54) is 10.9 Å². The van der Waals surface area contributed by atoms with Crippen molar-refractivity contribution in [3.63, 3.8) is 0 Å². The summed E-state index contributed by atoms with van der Waals surface area (Å²) >= 11 is 15.5. The lowest BCUT2D eigenvalue weighted by molar-refractivity contribution is -0.117. The largest absolute Gasteiger partial charge is 0.307 e. The topological polar surface area (TPSA) is 64.7 Å². The Labute approximate surface area is 162 Å². The third kappa shape index (κ3) is 4.23. The van der Waals surface area contributed by atoms with Crippen molar-refractivity contribution in [1.82, 2.24) is 19.6 Å². The minimum Gasteiger partial charge on any atom is -0.307 e. The number of carbonyl (C=O) groups excluding carboxylic acids is 1. The molecule has 0 saturated heterocycles. The number of aromatic nitrogens is 4. The van der Waals surface area contributed by atoms with Gasteiger partial charge in [-0.3, -0.25) is 14.2 Å². The van der Waals surface area contributed by atoms with Crippen LogP contribution in [0.15, 0.2) is 41.1 Å². The fourth-order valence-corrected chi connectivity index (χ4v) is 3.01. The third-order valence-corrected chi connectivity index (χ3v) is 4.92. The van der Waals surface area contributed by atoms with Gasteiger partial charge < -0.3 is 5.32 Å². The van der Waals surface area contributed by atoms with Crippen LogP contribution in [0.1, 0.15) is 11.3 Å². The number of hydrogen-bond donors (Lipinski definition) is 1. The van der Waals surface area contributed by atoms with Crippen molar-refractivity contribution in [1.29, 1.82) is 0 Å². The van der Waals surface area contributed by atoms with Crippen molar-refractivity contribution in [3.8, 4) is 0 Å². The molecule has 2 aromatic heterocycles. The van der Waals surface area contributed by atoms with Crippen molar-refractivity contribution in [2.24, 2.45) is 0 Å². The maximum absolute atomic E-state index is 12.2. The summed E-state index contributed by atoms with van der Waals surface area (Å²) in [6, 6.07) is 7.55. The van der Waals surface area contributed by atoms with Crippen LogP contribution >= 0.6 is 39.1 Å². The molecule has 0 aliphatic rings. The zero-order valence-electron chi connectivity index (χ0n) is 13.2. The fourth-order valence-electron chi connectivity index (χ4n) is 2.25. The van der Waals surface area contributed by atoms with Crippen molar-refractivity contribution < 1.29 is 4.79 Å².